The Morgan fingerprint density at radius 2 is 1.41 bits per heavy atom. The van der Waals surface area contributed by atoms with Gasteiger partial charge in [-0.3, -0.25) is 0 Å². The SMILES string of the molecule is Clc1ccc(CCN2CCC(CNCc3ccc4ccccc4c3)(c3ccccc3)CC2)cc1. The molecule has 3 heteroatoms. The van der Waals surface area contributed by atoms with Crippen LogP contribution in [0.25, 0.3) is 10.8 Å². The number of fused-ring (bicyclic) bond motifs is 1. The van der Waals surface area contributed by atoms with Crippen LogP contribution >= 0.6 is 11.6 Å². The van der Waals surface area contributed by atoms with Gasteiger partial charge in [-0.05, 0) is 78.0 Å². The first-order valence-corrected chi connectivity index (χ1v) is 12.8. The number of piperidine rings is 1. The molecule has 1 saturated heterocycles. The van der Waals surface area contributed by atoms with E-state index in [-0.39, 0.29) is 5.41 Å². The Morgan fingerprint density at radius 1 is 0.735 bits per heavy atom. The Bertz CT molecular complexity index is 1200. The van der Waals surface area contributed by atoms with Crippen molar-refractivity contribution < 1.29 is 0 Å². The lowest BCUT2D eigenvalue weighted by molar-refractivity contribution is 0.157. The number of hydrogen-bond donors (Lipinski definition) is 1. The zero-order valence-electron chi connectivity index (χ0n) is 19.7. The number of rotatable bonds is 8. The van der Waals surface area contributed by atoms with E-state index in [0.717, 1.165) is 44.2 Å². The van der Waals surface area contributed by atoms with Crippen LogP contribution in [0.5, 0.6) is 0 Å². The summed E-state index contributed by atoms with van der Waals surface area (Å²) in [5, 5.41) is 7.25. The van der Waals surface area contributed by atoms with Crippen LogP contribution in [0.3, 0.4) is 0 Å². The van der Waals surface area contributed by atoms with Gasteiger partial charge in [-0.25, -0.2) is 0 Å². The molecule has 0 aliphatic carbocycles. The predicted octanol–water partition coefficient (Wildman–Crippen LogP) is 6.86. The standard InChI is InChI=1S/C31H33ClN2/c32-30-14-11-25(12-15-30)16-19-34-20-17-31(18-21-34,29-8-2-1-3-9-29)24-33-23-26-10-13-27-6-4-5-7-28(27)22-26/h1-15,22,33H,16-21,23-24H2. The summed E-state index contributed by atoms with van der Waals surface area (Å²) in [7, 11) is 0. The average Bonchev–Trinajstić information content (AvgIpc) is 2.89. The second-order valence-electron chi connectivity index (χ2n) is 9.65. The number of nitrogens with zero attached hydrogens (tertiary/aromatic N) is 1. The summed E-state index contributed by atoms with van der Waals surface area (Å²) >= 11 is 6.04. The molecule has 1 heterocycles. The van der Waals surface area contributed by atoms with E-state index in [2.05, 4.69) is 95.1 Å². The van der Waals surface area contributed by atoms with Gasteiger partial charge in [-0.1, -0.05) is 90.5 Å². The highest BCUT2D eigenvalue weighted by molar-refractivity contribution is 6.30. The van der Waals surface area contributed by atoms with E-state index in [1.165, 1.54) is 40.3 Å². The molecule has 0 spiro atoms. The van der Waals surface area contributed by atoms with Crippen LogP contribution in [0.4, 0.5) is 0 Å². The third kappa shape index (κ3) is 5.52. The van der Waals surface area contributed by atoms with Gasteiger partial charge in [0.15, 0.2) is 0 Å². The number of hydrogen-bond acceptors (Lipinski definition) is 2. The zero-order chi connectivity index (χ0) is 23.2. The van der Waals surface area contributed by atoms with Crippen LogP contribution in [0.1, 0.15) is 29.5 Å². The van der Waals surface area contributed by atoms with Crippen molar-refractivity contribution in [1.82, 2.24) is 10.2 Å². The monoisotopic (exact) mass is 468 g/mol. The van der Waals surface area contributed by atoms with Crippen molar-refractivity contribution in [2.24, 2.45) is 0 Å². The second-order valence-corrected chi connectivity index (χ2v) is 10.1. The molecular weight excluding hydrogens is 436 g/mol. The van der Waals surface area contributed by atoms with Crippen molar-refractivity contribution >= 4 is 22.4 Å². The van der Waals surface area contributed by atoms with Crippen molar-refractivity contribution in [1.29, 1.82) is 0 Å². The van der Waals surface area contributed by atoms with Crippen molar-refractivity contribution in [3.05, 3.63) is 119 Å². The van der Waals surface area contributed by atoms with Gasteiger partial charge < -0.3 is 10.2 Å². The number of nitrogens with one attached hydrogen (secondary N) is 1. The first-order valence-electron chi connectivity index (χ1n) is 12.4. The molecule has 0 aromatic heterocycles. The van der Waals surface area contributed by atoms with Crippen LogP contribution in [-0.4, -0.2) is 31.1 Å². The Morgan fingerprint density at radius 3 is 2.18 bits per heavy atom. The average molecular weight is 469 g/mol. The third-order valence-corrected chi connectivity index (χ3v) is 7.69. The molecule has 0 saturated carbocycles. The molecule has 174 valence electrons. The summed E-state index contributed by atoms with van der Waals surface area (Å²) in [6, 6.07) is 34.8. The molecule has 2 nitrogen and oxygen atoms in total. The van der Waals surface area contributed by atoms with Crippen LogP contribution in [0.2, 0.25) is 5.02 Å². The summed E-state index contributed by atoms with van der Waals surface area (Å²) in [6.45, 7) is 5.30. The fourth-order valence-electron chi connectivity index (χ4n) is 5.30. The highest BCUT2D eigenvalue weighted by Gasteiger charge is 2.35. The molecular formula is C31H33ClN2. The van der Waals surface area contributed by atoms with E-state index in [1.807, 2.05) is 12.1 Å². The Balaban J connectivity index is 1.22. The molecule has 1 aliphatic rings. The van der Waals surface area contributed by atoms with Gasteiger partial charge in [0, 0.05) is 30.1 Å². The lowest BCUT2D eigenvalue weighted by Crippen LogP contribution is -2.48. The molecule has 4 aromatic carbocycles. The van der Waals surface area contributed by atoms with Gasteiger partial charge in [-0.15, -0.1) is 0 Å². The van der Waals surface area contributed by atoms with E-state index >= 15 is 0 Å². The molecule has 0 bridgehead atoms. The van der Waals surface area contributed by atoms with Gasteiger partial charge in [-0.2, -0.15) is 0 Å². The molecule has 0 amide bonds. The lowest BCUT2D eigenvalue weighted by Gasteiger charge is -2.42. The molecule has 0 unspecified atom stereocenters. The van der Waals surface area contributed by atoms with E-state index in [4.69, 9.17) is 11.6 Å². The Kier molecular flexibility index (Phi) is 7.30. The first-order chi connectivity index (χ1) is 16.7. The van der Waals surface area contributed by atoms with Crippen LogP contribution in [0, 0.1) is 0 Å². The van der Waals surface area contributed by atoms with Gasteiger partial charge in [0.05, 0.1) is 0 Å². The molecule has 1 fully saturated rings. The number of benzene rings is 4. The Labute approximate surface area is 208 Å². The van der Waals surface area contributed by atoms with E-state index in [1.54, 1.807) is 0 Å². The van der Waals surface area contributed by atoms with Crippen molar-refractivity contribution in [3.63, 3.8) is 0 Å². The second kappa shape index (κ2) is 10.7. The van der Waals surface area contributed by atoms with Gasteiger partial charge in [0.25, 0.3) is 0 Å². The normalized spacial score (nSPS) is 16.0. The third-order valence-electron chi connectivity index (χ3n) is 7.44. The highest BCUT2D eigenvalue weighted by Crippen LogP contribution is 2.35. The van der Waals surface area contributed by atoms with Gasteiger partial charge >= 0.3 is 0 Å². The fourth-order valence-corrected chi connectivity index (χ4v) is 5.42. The maximum absolute atomic E-state index is 6.04. The number of halogens is 1. The van der Waals surface area contributed by atoms with Crippen LogP contribution in [0.15, 0.2) is 97.1 Å². The Hall–Kier alpha value is -2.65. The van der Waals surface area contributed by atoms with E-state index in [9.17, 15) is 0 Å². The zero-order valence-corrected chi connectivity index (χ0v) is 20.5. The van der Waals surface area contributed by atoms with Crippen LogP contribution in [-0.2, 0) is 18.4 Å². The van der Waals surface area contributed by atoms with Gasteiger partial charge in [0.2, 0.25) is 0 Å². The molecule has 5 rings (SSSR count). The molecule has 1 N–H and O–H groups in total. The minimum atomic E-state index is 0.189. The molecule has 34 heavy (non-hydrogen) atoms. The summed E-state index contributed by atoms with van der Waals surface area (Å²) in [4.78, 5) is 2.62. The van der Waals surface area contributed by atoms with Crippen LogP contribution < -0.4 is 5.32 Å². The molecule has 4 aromatic rings. The fraction of sp³-hybridized carbons (Fsp3) is 0.290. The topological polar surface area (TPSA) is 15.3 Å². The maximum atomic E-state index is 6.04. The summed E-state index contributed by atoms with van der Waals surface area (Å²) < 4.78 is 0. The molecule has 1 aliphatic heterocycles. The molecule has 0 atom stereocenters. The number of likely N-dealkylation sites (tertiary alicyclic amines) is 1. The first kappa shape index (κ1) is 23.1. The predicted molar refractivity (Wildman–Crippen MR) is 145 cm³/mol. The minimum absolute atomic E-state index is 0.189. The van der Waals surface area contributed by atoms with Crippen molar-refractivity contribution in [2.75, 3.05) is 26.2 Å². The van der Waals surface area contributed by atoms with Crippen molar-refractivity contribution in [2.45, 2.75) is 31.2 Å². The maximum Gasteiger partial charge on any atom is 0.0406 e. The minimum Gasteiger partial charge on any atom is -0.312 e. The largest absolute Gasteiger partial charge is 0.312 e. The van der Waals surface area contributed by atoms with Crippen molar-refractivity contribution in [3.8, 4) is 0 Å². The quantitative estimate of drug-likeness (QED) is 0.304. The van der Waals surface area contributed by atoms with E-state index in [0.29, 0.717) is 0 Å². The van der Waals surface area contributed by atoms with E-state index < -0.39 is 0 Å². The smallest absolute Gasteiger partial charge is 0.0406 e. The van der Waals surface area contributed by atoms with Gasteiger partial charge in [0.1, 0.15) is 0 Å². The summed E-state index contributed by atoms with van der Waals surface area (Å²) in [5.41, 5.74) is 4.37. The highest BCUT2D eigenvalue weighted by atomic mass is 35.5. The molecule has 0 radical (unpaired) electrons. The summed E-state index contributed by atoms with van der Waals surface area (Å²) in [5.74, 6) is 0. The lowest BCUT2D eigenvalue weighted by atomic mass is 9.72. The summed E-state index contributed by atoms with van der Waals surface area (Å²) in [6.07, 6.45) is 3.44.